The highest BCUT2D eigenvalue weighted by molar-refractivity contribution is 5.76. The van der Waals surface area contributed by atoms with Crippen LogP contribution in [0.2, 0.25) is 0 Å². The summed E-state index contributed by atoms with van der Waals surface area (Å²) < 4.78 is 13.0. The Balaban J connectivity index is 1.72. The number of amides is 2. The van der Waals surface area contributed by atoms with Gasteiger partial charge in [0, 0.05) is 47.1 Å². The van der Waals surface area contributed by atoms with Gasteiger partial charge in [0.25, 0.3) is 0 Å². The number of halogens is 1. The second kappa shape index (κ2) is 9.85. The summed E-state index contributed by atoms with van der Waals surface area (Å²) in [4.78, 5) is 39.4. The van der Waals surface area contributed by atoms with Crippen LogP contribution in [0.3, 0.4) is 0 Å². The Bertz CT molecular complexity index is 932. The number of aryl methyl sites for hydroxylation is 1. The van der Waals surface area contributed by atoms with Crippen molar-refractivity contribution >= 4 is 17.6 Å². The Morgan fingerprint density at radius 3 is 2.52 bits per heavy atom. The molecule has 1 atom stereocenters. The van der Waals surface area contributed by atoms with E-state index in [2.05, 4.69) is 4.98 Å². The number of hydrogen-bond acceptors (Lipinski definition) is 5. The topological polar surface area (TPSA) is 69.6 Å². The van der Waals surface area contributed by atoms with Gasteiger partial charge in [-0.1, -0.05) is 12.1 Å². The lowest BCUT2D eigenvalue weighted by Crippen LogP contribution is -2.31. The first kappa shape index (κ1) is 22.7. The summed E-state index contributed by atoms with van der Waals surface area (Å²) in [5.41, 5.74) is 1.66. The molecule has 0 spiro atoms. The number of anilines is 1. The van der Waals surface area contributed by atoms with Crippen molar-refractivity contribution in [3.8, 4) is 0 Å². The predicted octanol–water partition coefficient (Wildman–Crippen LogP) is 2.96. The molecule has 3 rings (SSSR count). The van der Waals surface area contributed by atoms with Crippen LogP contribution in [0.1, 0.15) is 49.3 Å². The molecule has 0 radical (unpaired) electrons. The SMILES string of the molecule is CC(=O)N1CCCC1c1nc(CN(C)C(=O)CCc2ccc(F)cc2)cc(N(C)C)n1. The van der Waals surface area contributed by atoms with Crippen molar-refractivity contribution in [2.24, 2.45) is 0 Å². The van der Waals surface area contributed by atoms with E-state index in [1.807, 2.05) is 30.0 Å². The first-order valence-electron chi connectivity index (χ1n) is 10.6. The lowest BCUT2D eigenvalue weighted by atomic mass is 10.1. The fourth-order valence-corrected chi connectivity index (χ4v) is 3.80. The third-order valence-electron chi connectivity index (χ3n) is 5.56. The number of aromatic nitrogens is 2. The summed E-state index contributed by atoms with van der Waals surface area (Å²) in [7, 11) is 5.57. The van der Waals surface area contributed by atoms with Crippen LogP contribution < -0.4 is 4.90 Å². The quantitative estimate of drug-likeness (QED) is 0.680. The van der Waals surface area contributed by atoms with E-state index < -0.39 is 0 Å². The Kier molecular flexibility index (Phi) is 7.20. The van der Waals surface area contributed by atoms with Gasteiger partial charge in [0.15, 0.2) is 5.82 Å². The zero-order chi connectivity index (χ0) is 22.5. The van der Waals surface area contributed by atoms with E-state index in [4.69, 9.17) is 4.98 Å². The third-order valence-corrected chi connectivity index (χ3v) is 5.56. The van der Waals surface area contributed by atoms with Crippen LogP contribution in [0.15, 0.2) is 30.3 Å². The molecule has 0 bridgehead atoms. The molecule has 0 saturated carbocycles. The van der Waals surface area contributed by atoms with Crippen LogP contribution >= 0.6 is 0 Å². The molecule has 1 aliphatic rings. The monoisotopic (exact) mass is 427 g/mol. The van der Waals surface area contributed by atoms with Crippen molar-refractivity contribution in [1.29, 1.82) is 0 Å². The van der Waals surface area contributed by atoms with Crippen LogP contribution in [0.25, 0.3) is 0 Å². The maximum absolute atomic E-state index is 13.0. The van der Waals surface area contributed by atoms with Crippen LogP contribution in [0.5, 0.6) is 0 Å². The highest BCUT2D eigenvalue weighted by Crippen LogP contribution is 2.31. The van der Waals surface area contributed by atoms with E-state index in [-0.39, 0.29) is 23.7 Å². The molecular weight excluding hydrogens is 397 g/mol. The molecule has 2 heterocycles. The minimum absolute atomic E-state index is 0.0119. The molecule has 2 aromatic rings. The lowest BCUT2D eigenvalue weighted by molar-refractivity contribution is -0.130. The molecule has 166 valence electrons. The summed E-state index contributed by atoms with van der Waals surface area (Å²) >= 11 is 0. The zero-order valence-corrected chi connectivity index (χ0v) is 18.6. The molecule has 1 aromatic heterocycles. The number of benzene rings is 1. The van der Waals surface area contributed by atoms with Gasteiger partial charge in [0.2, 0.25) is 11.8 Å². The third kappa shape index (κ3) is 5.77. The van der Waals surface area contributed by atoms with E-state index in [1.54, 1.807) is 31.0 Å². The van der Waals surface area contributed by atoms with E-state index >= 15 is 0 Å². The summed E-state index contributed by atoms with van der Waals surface area (Å²) in [6, 6.07) is 7.95. The fourth-order valence-electron chi connectivity index (χ4n) is 3.80. The van der Waals surface area contributed by atoms with Crippen LogP contribution in [0, 0.1) is 5.82 Å². The average molecular weight is 428 g/mol. The van der Waals surface area contributed by atoms with Gasteiger partial charge in [0.1, 0.15) is 11.6 Å². The van der Waals surface area contributed by atoms with Gasteiger partial charge in [-0.3, -0.25) is 9.59 Å². The molecule has 1 aliphatic heterocycles. The van der Waals surface area contributed by atoms with Gasteiger partial charge in [0.05, 0.1) is 18.3 Å². The van der Waals surface area contributed by atoms with Gasteiger partial charge >= 0.3 is 0 Å². The molecule has 1 fully saturated rings. The summed E-state index contributed by atoms with van der Waals surface area (Å²) in [5, 5.41) is 0. The van der Waals surface area contributed by atoms with Crippen molar-refractivity contribution in [3.63, 3.8) is 0 Å². The molecule has 1 unspecified atom stereocenters. The molecule has 0 aliphatic carbocycles. The molecule has 1 aromatic carbocycles. The second-order valence-corrected chi connectivity index (χ2v) is 8.22. The van der Waals surface area contributed by atoms with Crippen molar-refractivity contribution in [3.05, 3.63) is 53.2 Å². The first-order valence-corrected chi connectivity index (χ1v) is 10.6. The van der Waals surface area contributed by atoms with Gasteiger partial charge in [-0.05, 0) is 37.0 Å². The highest BCUT2D eigenvalue weighted by atomic mass is 19.1. The highest BCUT2D eigenvalue weighted by Gasteiger charge is 2.31. The Hall–Kier alpha value is -3.03. The minimum atomic E-state index is -0.283. The van der Waals surface area contributed by atoms with Crippen LogP contribution in [0.4, 0.5) is 10.2 Å². The van der Waals surface area contributed by atoms with E-state index in [0.29, 0.717) is 31.8 Å². The largest absolute Gasteiger partial charge is 0.363 e. The van der Waals surface area contributed by atoms with Crippen molar-refractivity contribution < 1.29 is 14.0 Å². The number of carbonyl (C=O) groups is 2. The molecule has 0 N–H and O–H groups in total. The standard InChI is InChI=1S/C23H30FN5O2/c1-16(30)29-13-5-6-20(29)23-25-19(14-21(26-23)27(2)3)15-28(4)22(31)12-9-17-7-10-18(24)11-8-17/h7-8,10-11,14,20H,5-6,9,12-13,15H2,1-4H3. The van der Waals surface area contributed by atoms with E-state index in [9.17, 15) is 14.0 Å². The molecule has 8 heteroatoms. The summed E-state index contributed by atoms with van der Waals surface area (Å²) in [6.45, 7) is 2.64. The summed E-state index contributed by atoms with van der Waals surface area (Å²) in [6.07, 6.45) is 2.65. The van der Waals surface area contributed by atoms with Crippen molar-refractivity contribution in [1.82, 2.24) is 19.8 Å². The van der Waals surface area contributed by atoms with Crippen LogP contribution in [-0.4, -0.2) is 59.3 Å². The van der Waals surface area contributed by atoms with Gasteiger partial charge in [-0.2, -0.15) is 0 Å². The Labute approximate surface area is 182 Å². The molecule has 2 amide bonds. The maximum Gasteiger partial charge on any atom is 0.222 e. The minimum Gasteiger partial charge on any atom is -0.363 e. The summed E-state index contributed by atoms with van der Waals surface area (Å²) in [5.74, 6) is 1.11. The van der Waals surface area contributed by atoms with Crippen molar-refractivity contribution in [2.45, 2.75) is 45.2 Å². The average Bonchev–Trinajstić information content (AvgIpc) is 3.23. The molecule has 31 heavy (non-hydrogen) atoms. The maximum atomic E-state index is 13.0. The number of hydrogen-bond donors (Lipinski definition) is 0. The first-order chi connectivity index (χ1) is 14.7. The van der Waals surface area contributed by atoms with Crippen LogP contribution in [-0.2, 0) is 22.6 Å². The molecule has 1 saturated heterocycles. The normalized spacial score (nSPS) is 15.8. The molecular formula is C23H30FN5O2. The zero-order valence-electron chi connectivity index (χ0n) is 18.6. The Morgan fingerprint density at radius 1 is 1.16 bits per heavy atom. The number of likely N-dealkylation sites (tertiary alicyclic amines) is 1. The predicted molar refractivity (Wildman–Crippen MR) is 117 cm³/mol. The fraction of sp³-hybridized carbons (Fsp3) is 0.478. The lowest BCUT2D eigenvalue weighted by Gasteiger charge is -2.24. The van der Waals surface area contributed by atoms with Gasteiger partial charge in [-0.15, -0.1) is 0 Å². The number of nitrogens with zero attached hydrogens (tertiary/aromatic N) is 5. The molecule has 7 nitrogen and oxygen atoms in total. The second-order valence-electron chi connectivity index (χ2n) is 8.22. The smallest absolute Gasteiger partial charge is 0.222 e. The van der Waals surface area contributed by atoms with E-state index in [1.165, 1.54) is 12.1 Å². The number of carbonyl (C=O) groups excluding carboxylic acids is 2. The Morgan fingerprint density at radius 2 is 1.87 bits per heavy atom. The van der Waals surface area contributed by atoms with Gasteiger partial charge < -0.3 is 14.7 Å². The van der Waals surface area contributed by atoms with Gasteiger partial charge in [-0.25, -0.2) is 14.4 Å². The van der Waals surface area contributed by atoms with E-state index in [0.717, 1.165) is 29.9 Å². The number of rotatable bonds is 7. The van der Waals surface area contributed by atoms with Crippen molar-refractivity contribution in [2.75, 3.05) is 32.6 Å².